The third-order valence-corrected chi connectivity index (χ3v) is 3.40. The molecule has 1 N–H and O–H groups in total. The molecule has 0 heterocycles. The summed E-state index contributed by atoms with van der Waals surface area (Å²) in [7, 11) is 1.32. The Kier molecular flexibility index (Phi) is 5.58. The molecule has 2 rings (SSSR count). The molecular weight excluding hydrogens is 306 g/mol. The van der Waals surface area contributed by atoms with Crippen LogP contribution in [0.3, 0.4) is 0 Å². The van der Waals surface area contributed by atoms with Gasteiger partial charge in [0.2, 0.25) is 0 Å². The van der Waals surface area contributed by atoms with E-state index in [4.69, 9.17) is 9.47 Å². The van der Waals surface area contributed by atoms with E-state index in [0.29, 0.717) is 22.6 Å². The van der Waals surface area contributed by atoms with Crippen molar-refractivity contribution in [3.05, 3.63) is 59.2 Å². The number of hydrogen-bond acceptors (Lipinski definition) is 4. The molecule has 0 saturated carbocycles. The lowest BCUT2D eigenvalue weighted by Crippen LogP contribution is -2.14. The van der Waals surface area contributed by atoms with Crippen LogP contribution in [-0.2, 0) is 4.74 Å². The van der Waals surface area contributed by atoms with E-state index in [2.05, 4.69) is 5.32 Å². The molecule has 0 aliphatic carbocycles. The number of carbonyl (C=O) groups excluding carboxylic acids is 2. The SMILES string of the molecule is COC(=O)c1ccc(C)c(NC(=O)c2ccc(OC(C)C)cc2)c1. The number of aryl methyl sites for hydroxylation is 1. The first-order chi connectivity index (χ1) is 11.4. The molecule has 0 radical (unpaired) electrons. The van der Waals surface area contributed by atoms with Gasteiger partial charge in [-0.2, -0.15) is 0 Å². The van der Waals surface area contributed by atoms with Gasteiger partial charge in [0, 0.05) is 11.3 Å². The second-order valence-corrected chi connectivity index (χ2v) is 5.67. The monoisotopic (exact) mass is 327 g/mol. The maximum absolute atomic E-state index is 12.4. The number of nitrogens with one attached hydrogen (secondary N) is 1. The molecule has 0 aliphatic heterocycles. The van der Waals surface area contributed by atoms with Crippen LogP contribution in [0.5, 0.6) is 5.75 Å². The zero-order valence-corrected chi connectivity index (χ0v) is 14.3. The van der Waals surface area contributed by atoms with Gasteiger partial charge in [0.1, 0.15) is 5.75 Å². The standard InChI is InChI=1S/C19H21NO4/c1-12(2)24-16-9-7-14(8-10-16)18(21)20-17-11-15(19(22)23-4)6-5-13(17)3/h5-12H,1-4H3,(H,20,21). The number of methoxy groups -OCH3 is 1. The first-order valence-corrected chi connectivity index (χ1v) is 7.67. The van der Waals surface area contributed by atoms with Crippen molar-refractivity contribution < 1.29 is 19.1 Å². The van der Waals surface area contributed by atoms with Gasteiger partial charge in [-0.05, 0) is 62.7 Å². The van der Waals surface area contributed by atoms with Crippen molar-refractivity contribution in [2.24, 2.45) is 0 Å². The van der Waals surface area contributed by atoms with E-state index in [1.807, 2.05) is 20.8 Å². The molecular formula is C19H21NO4. The van der Waals surface area contributed by atoms with Gasteiger partial charge in [0.25, 0.3) is 5.91 Å². The molecule has 0 aromatic heterocycles. The first kappa shape index (κ1) is 17.5. The third kappa shape index (κ3) is 4.35. The Hall–Kier alpha value is -2.82. The van der Waals surface area contributed by atoms with Gasteiger partial charge in [-0.25, -0.2) is 4.79 Å². The van der Waals surface area contributed by atoms with E-state index in [-0.39, 0.29) is 12.0 Å². The van der Waals surface area contributed by atoms with Gasteiger partial charge in [0.05, 0.1) is 18.8 Å². The molecule has 0 saturated heterocycles. The lowest BCUT2D eigenvalue weighted by molar-refractivity contribution is 0.0600. The van der Waals surface area contributed by atoms with Crippen molar-refractivity contribution >= 4 is 17.6 Å². The maximum atomic E-state index is 12.4. The average molecular weight is 327 g/mol. The minimum atomic E-state index is -0.444. The molecule has 126 valence electrons. The summed E-state index contributed by atoms with van der Waals surface area (Å²) in [4.78, 5) is 24.0. The number of anilines is 1. The van der Waals surface area contributed by atoms with Crippen molar-refractivity contribution in [2.45, 2.75) is 26.9 Å². The Labute approximate surface area is 141 Å². The summed E-state index contributed by atoms with van der Waals surface area (Å²) < 4.78 is 10.3. The summed E-state index contributed by atoms with van der Waals surface area (Å²) >= 11 is 0. The second-order valence-electron chi connectivity index (χ2n) is 5.67. The molecule has 5 nitrogen and oxygen atoms in total. The van der Waals surface area contributed by atoms with Crippen LogP contribution in [0.15, 0.2) is 42.5 Å². The normalized spacial score (nSPS) is 10.4. The molecule has 0 fully saturated rings. The van der Waals surface area contributed by atoms with Crippen LogP contribution < -0.4 is 10.1 Å². The number of amides is 1. The van der Waals surface area contributed by atoms with E-state index >= 15 is 0 Å². The highest BCUT2D eigenvalue weighted by atomic mass is 16.5. The highest BCUT2D eigenvalue weighted by Gasteiger charge is 2.12. The van der Waals surface area contributed by atoms with Crippen molar-refractivity contribution in [2.75, 3.05) is 12.4 Å². The summed E-state index contributed by atoms with van der Waals surface area (Å²) in [5.74, 6) is 0.0160. The molecule has 0 unspecified atom stereocenters. The van der Waals surface area contributed by atoms with Crippen LogP contribution in [0.4, 0.5) is 5.69 Å². The fraction of sp³-hybridized carbons (Fsp3) is 0.263. The quantitative estimate of drug-likeness (QED) is 0.848. The largest absolute Gasteiger partial charge is 0.491 e. The van der Waals surface area contributed by atoms with Crippen molar-refractivity contribution in [3.63, 3.8) is 0 Å². The minimum absolute atomic E-state index is 0.0772. The molecule has 2 aromatic carbocycles. The number of benzene rings is 2. The number of ether oxygens (including phenoxy) is 2. The molecule has 5 heteroatoms. The van der Waals surface area contributed by atoms with Crippen LogP contribution in [0.25, 0.3) is 0 Å². The summed E-state index contributed by atoms with van der Waals surface area (Å²) in [6.45, 7) is 5.74. The molecule has 0 aliphatic rings. The van der Waals surface area contributed by atoms with Crippen LogP contribution in [0, 0.1) is 6.92 Å². The summed E-state index contributed by atoms with van der Waals surface area (Å²) in [5, 5.41) is 2.82. The van der Waals surface area contributed by atoms with Crippen molar-refractivity contribution in [1.82, 2.24) is 0 Å². The van der Waals surface area contributed by atoms with Crippen LogP contribution in [0.2, 0.25) is 0 Å². The lowest BCUT2D eigenvalue weighted by Gasteiger charge is -2.12. The Morgan fingerprint density at radius 1 is 1.00 bits per heavy atom. The van der Waals surface area contributed by atoms with E-state index in [0.717, 1.165) is 5.56 Å². The summed E-state index contributed by atoms with van der Waals surface area (Å²) in [6.07, 6.45) is 0.0772. The third-order valence-electron chi connectivity index (χ3n) is 3.40. The van der Waals surface area contributed by atoms with Gasteiger partial charge in [0.15, 0.2) is 0 Å². The highest BCUT2D eigenvalue weighted by Crippen LogP contribution is 2.20. The molecule has 0 atom stereocenters. The first-order valence-electron chi connectivity index (χ1n) is 7.67. The van der Waals surface area contributed by atoms with Crippen LogP contribution in [-0.4, -0.2) is 25.1 Å². The predicted octanol–water partition coefficient (Wildman–Crippen LogP) is 3.82. The molecule has 0 spiro atoms. The van der Waals surface area contributed by atoms with E-state index in [1.165, 1.54) is 7.11 Å². The van der Waals surface area contributed by atoms with Gasteiger partial charge < -0.3 is 14.8 Å². The summed E-state index contributed by atoms with van der Waals surface area (Å²) in [5.41, 5.74) is 2.33. The van der Waals surface area contributed by atoms with Crippen molar-refractivity contribution in [1.29, 1.82) is 0 Å². The zero-order chi connectivity index (χ0) is 17.7. The Morgan fingerprint density at radius 3 is 2.21 bits per heavy atom. The Bertz CT molecular complexity index is 736. The predicted molar refractivity (Wildman–Crippen MR) is 92.7 cm³/mol. The number of hydrogen-bond donors (Lipinski definition) is 1. The van der Waals surface area contributed by atoms with Crippen molar-refractivity contribution in [3.8, 4) is 5.75 Å². The van der Waals surface area contributed by atoms with E-state index in [1.54, 1.807) is 42.5 Å². The van der Waals surface area contributed by atoms with Crippen LogP contribution >= 0.6 is 0 Å². The number of esters is 1. The van der Waals surface area contributed by atoms with Crippen LogP contribution in [0.1, 0.15) is 40.1 Å². The highest BCUT2D eigenvalue weighted by molar-refractivity contribution is 6.05. The van der Waals surface area contributed by atoms with Gasteiger partial charge in [-0.3, -0.25) is 4.79 Å². The van der Waals surface area contributed by atoms with E-state index in [9.17, 15) is 9.59 Å². The van der Waals surface area contributed by atoms with E-state index < -0.39 is 5.97 Å². The maximum Gasteiger partial charge on any atom is 0.337 e. The zero-order valence-electron chi connectivity index (χ0n) is 14.3. The second kappa shape index (κ2) is 7.64. The number of carbonyl (C=O) groups is 2. The topological polar surface area (TPSA) is 64.6 Å². The average Bonchev–Trinajstić information content (AvgIpc) is 2.56. The molecule has 0 bridgehead atoms. The van der Waals surface area contributed by atoms with Gasteiger partial charge in [-0.15, -0.1) is 0 Å². The lowest BCUT2D eigenvalue weighted by atomic mass is 10.1. The number of rotatable bonds is 5. The fourth-order valence-corrected chi connectivity index (χ4v) is 2.15. The summed E-state index contributed by atoms with van der Waals surface area (Å²) in [6, 6.07) is 11.9. The minimum Gasteiger partial charge on any atom is -0.491 e. The smallest absolute Gasteiger partial charge is 0.337 e. The molecule has 24 heavy (non-hydrogen) atoms. The molecule has 2 aromatic rings. The molecule has 1 amide bonds. The van der Waals surface area contributed by atoms with Gasteiger partial charge in [-0.1, -0.05) is 6.07 Å². The fourth-order valence-electron chi connectivity index (χ4n) is 2.15. The Morgan fingerprint density at radius 2 is 1.62 bits per heavy atom. The Balaban J connectivity index is 2.15. The van der Waals surface area contributed by atoms with Gasteiger partial charge >= 0.3 is 5.97 Å².